The van der Waals surface area contributed by atoms with Gasteiger partial charge in [0, 0.05) is 6.54 Å². The van der Waals surface area contributed by atoms with Gasteiger partial charge < -0.3 is 9.52 Å². The second-order valence-corrected chi connectivity index (χ2v) is 7.01. The first-order chi connectivity index (χ1) is 11.3. The number of rotatable bonds is 7. The number of carboxylic acids is 1. The molecule has 0 spiro atoms. The third-order valence-corrected chi connectivity index (χ3v) is 4.72. The van der Waals surface area contributed by atoms with Crippen molar-refractivity contribution in [3.05, 3.63) is 53.3 Å². The molecule has 8 heteroatoms. The van der Waals surface area contributed by atoms with Crippen molar-refractivity contribution in [1.82, 2.24) is 4.72 Å². The molecule has 0 aliphatic heterocycles. The van der Waals surface area contributed by atoms with E-state index in [-0.39, 0.29) is 18.7 Å². The number of aliphatic carboxylic acids is 1. The molecule has 0 aliphatic carbocycles. The minimum Gasteiger partial charge on any atom is -0.481 e. The minimum absolute atomic E-state index is 0.134. The van der Waals surface area contributed by atoms with Gasteiger partial charge in [0.1, 0.15) is 6.07 Å². The quantitative estimate of drug-likeness (QED) is 0.785. The van der Waals surface area contributed by atoms with Crippen LogP contribution in [0.2, 0.25) is 0 Å². The predicted molar refractivity (Wildman–Crippen MR) is 84.6 cm³/mol. The summed E-state index contributed by atoms with van der Waals surface area (Å²) in [6, 6.07) is 11.4. The fourth-order valence-electron chi connectivity index (χ4n) is 2.06. The van der Waals surface area contributed by atoms with E-state index in [1.54, 1.807) is 6.07 Å². The fourth-order valence-corrected chi connectivity index (χ4v) is 3.07. The zero-order valence-electron chi connectivity index (χ0n) is 12.9. The molecular formula is C16H16N2O5S. The summed E-state index contributed by atoms with van der Waals surface area (Å²) in [7, 11) is -4.01. The first-order valence-electron chi connectivity index (χ1n) is 7.10. The molecule has 0 saturated heterocycles. The molecule has 0 radical (unpaired) electrons. The lowest BCUT2D eigenvalue weighted by atomic mass is 9.99. The maximum Gasteiger partial charge on any atom is 0.308 e. The lowest BCUT2D eigenvalue weighted by Crippen LogP contribution is -2.34. The SMILES string of the molecule is Cc1ccc(CC(CNS(=O)(=O)c2ccc(C#N)o2)C(=O)O)cc1. The highest BCUT2D eigenvalue weighted by molar-refractivity contribution is 7.89. The number of carbonyl (C=O) groups is 1. The van der Waals surface area contributed by atoms with Gasteiger partial charge >= 0.3 is 5.97 Å². The largest absolute Gasteiger partial charge is 0.481 e. The number of sulfonamides is 1. The number of furan rings is 1. The fraction of sp³-hybridized carbons (Fsp3) is 0.250. The van der Waals surface area contributed by atoms with Crippen LogP contribution >= 0.6 is 0 Å². The Bertz CT molecular complexity index is 863. The van der Waals surface area contributed by atoms with Gasteiger partial charge in [-0.05, 0) is 31.0 Å². The van der Waals surface area contributed by atoms with Gasteiger partial charge in [0.15, 0.2) is 0 Å². The van der Waals surface area contributed by atoms with E-state index in [1.807, 2.05) is 31.2 Å². The van der Waals surface area contributed by atoms with Gasteiger partial charge in [0.2, 0.25) is 10.9 Å². The number of benzene rings is 1. The smallest absolute Gasteiger partial charge is 0.308 e. The highest BCUT2D eigenvalue weighted by atomic mass is 32.2. The molecule has 1 aromatic carbocycles. The second-order valence-electron chi connectivity index (χ2n) is 5.31. The molecule has 2 rings (SSSR count). The maximum absolute atomic E-state index is 12.1. The van der Waals surface area contributed by atoms with Crippen LogP contribution in [0, 0.1) is 24.2 Å². The summed E-state index contributed by atoms with van der Waals surface area (Å²) in [5.41, 5.74) is 1.86. The van der Waals surface area contributed by atoms with E-state index in [4.69, 9.17) is 9.68 Å². The number of aryl methyl sites for hydroxylation is 1. The molecule has 2 N–H and O–H groups in total. The number of hydrogen-bond acceptors (Lipinski definition) is 5. The second kappa shape index (κ2) is 7.29. The summed E-state index contributed by atoms with van der Waals surface area (Å²) in [4.78, 5) is 11.4. The number of hydrogen-bond donors (Lipinski definition) is 2. The summed E-state index contributed by atoms with van der Waals surface area (Å²) in [6.07, 6.45) is 0.194. The zero-order valence-corrected chi connectivity index (χ0v) is 13.7. The standard InChI is InChI=1S/C16H16N2O5S/c1-11-2-4-12(5-3-11)8-13(16(19)20)10-18-24(21,22)15-7-6-14(9-17)23-15/h2-7,13,18H,8,10H2,1H3,(H,19,20). The van der Waals surface area contributed by atoms with E-state index in [0.717, 1.165) is 17.2 Å². The van der Waals surface area contributed by atoms with Crippen LogP contribution in [0.15, 0.2) is 45.9 Å². The van der Waals surface area contributed by atoms with Crippen LogP contribution in [-0.4, -0.2) is 26.0 Å². The van der Waals surface area contributed by atoms with Crippen molar-refractivity contribution in [2.45, 2.75) is 18.4 Å². The summed E-state index contributed by atoms with van der Waals surface area (Å²) >= 11 is 0. The molecule has 7 nitrogen and oxygen atoms in total. The summed E-state index contributed by atoms with van der Waals surface area (Å²) < 4.78 is 31.2. The van der Waals surface area contributed by atoms with Gasteiger partial charge in [-0.15, -0.1) is 0 Å². The van der Waals surface area contributed by atoms with Crippen LogP contribution in [0.25, 0.3) is 0 Å². The summed E-state index contributed by atoms with van der Waals surface area (Å²) in [5.74, 6) is -2.16. The Labute approximate surface area is 139 Å². The van der Waals surface area contributed by atoms with Crippen LogP contribution < -0.4 is 4.72 Å². The van der Waals surface area contributed by atoms with Crippen molar-refractivity contribution in [2.75, 3.05) is 6.54 Å². The molecular weight excluding hydrogens is 332 g/mol. The van der Waals surface area contributed by atoms with Crippen molar-refractivity contribution in [3.63, 3.8) is 0 Å². The van der Waals surface area contributed by atoms with Crippen molar-refractivity contribution >= 4 is 16.0 Å². The average molecular weight is 348 g/mol. The topological polar surface area (TPSA) is 120 Å². The molecule has 0 bridgehead atoms. The first kappa shape index (κ1) is 17.7. The van der Waals surface area contributed by atoms with E-state index >= 15 is 0 Å². The van der Waals surface area contributed by atoms with Gasteiger partial charge in [0.25, 0.3) is 10.0 Å². The average Bonchev–Trinajstić information content (AvgIpc) is 3.03. The maximum atomic E-state index is 12.1. The Balaban J connectivity index is 2.06. The van der Waals surface area contributed by atoms with Crippen LogP contribution in [0.1, 0.15) is 16.9 Å². The molecule has 0 saturated carbocycles. The molecule has 1 aromatic heterocycles. The van der Waals surface area contributed by atoms with Gasteiger partial charge in [-0.2, -0.15) is 5.26 Å². The van der Waals surface area contributed by atoms with Crippen LogP contribution in [0.3, 0.4) is 0 Å². The van der Waals surface area contributed by atoms with Crippen LogP contribution in [-0.2, 0) is 21.2 Å². The van der Waals surface area contributed by atoms with Gasteiger partial charge in [-0.1, -0.05) is 29.8 Å². The lowest BCUT2D eigenvalue weighted by Gasteiger charge is -2.13. The number of carboxylic acid groups (broad SMARTS) is 1. The third-order valence-electron chi connectivity index (χ3n) is 3.43. The molecule has 1 heterocycles. The molecule has 2 aromatic rings. The van der Waals surface area contributed by atoms with E-state index in [0.29, 0.717) is 0 Å². The normalized spacial score (nSPS) is 12.5. The van der Waals surface area contributed by atoms with Crippen molar-refractivity contribution in [2.24, 2.45) is 5.92 Å². The Kier molecular flexibility index (Phi) is 5.39. The number of nitriles is 1. The van der Waals surface area contributed by atoms with Gasteiger partial charge in [0.05, 0.1) is 5.92 Å². The third kappa shape index (κ3) is 4.44. The van der Waals surface area contributed by atoms with Gasteiger partial charge in [-0.25, -0.2) is 13.1 Å². The van der Waals surface area contributed by atoms with Crippen molar-refractivity contribution in [1.29, 1.82) is 5.26 Å². The Morgan fingerprint density at radius 1 is 1.29 bits per heavy atom. The predicted octanol–water partition coefficient (Wildman–Crippen LogP) is 1.68. The molecule has 0 fully saturated rings. The highest BCUT2D eigenvalue weighted by Gasteiger charge is 2.24. The number of nitrogens with zero attached hydrogens (tertiary/aromatic N) is 1. The van der Waals surface area contributed by atoms with Crippen molar-refractivity contribution < 1.29 is 22.7 Å². The van der Waals surface area contributed by atoms with Crippen LogP contribution in [0.5, 0.6) is 0 Å². The van der Waals surface area contributed by atoms with E-state index in [2.05, 4.69) is 4.72 Å². The van der Waals surface area contributed by atoms with E-state index in [1.165, 1.54) is 6.07 Å². The first-order valence-corrected chi connectivity index (χ1v) is 8.58. The summed E-state index contributed by atoms with van der Waals surface area (Å²) in [6.45, 7) is 1.64. The molecule has 126 valence electrons. The van der Waals surface area contributed by atoms with E-state index < -0.39 is 27.0 Å². The minimum atomic E-state index is -4.01. The molecule has 0 amide bonds. The highest BCUT2D eigenvalue weighted by Crippen LogP contribution is 2.15. The summed E-state index contributed by atoms with van der Waals surface area (Å²) in [5, 5.41) is 17.5. The monoisotopic (exact) mass is 348 g/mol. The number of nitrogens with one attached hydrogen (secondary N) is 1. The zero-order chi connectivity index (χ0) is 17.7. The lowest BCUT2D eigenvalue weighted by molar-refractivity contribution is -0.141. The van der Waals surface area contributed by atoms with Crippen LogP contribution in [0.4, 0.5) is 0 Å². The molecule has 1 atom stereocenters. The van der Waals surface area contributed by atoms with E-state index in [9.17, 15) is 18.3 Å². The molecule has 0 aliphatic rings. The Hall–Kier alpha value is -2.63. The van der Waals surface area contributed by atoms with Gasteiger partial charge in [-0.3, -0.25) is 4.79 Å². The Morgan fingerprint density at radius 3 is 2.50 bits per heavy atom. The molecule has 1 unspecified atom stereocenters. The Morgan fingerprint density at radius 2 is 1.96 bits per heavy atom. The van der Waals surface area contributed by atoms with Crippen molar-refractivity contribution in [3.8, 4) is 6.07 Å². The molecule has 24 heavy (non-hydrogen) atoms.